The van der Waals surface area contributed by atoms with Gasteiger partial charge in [-0.05, 0) is 44.6 Å². The summed E-state index contributed by atoms with van der Waals surface area (Å²) in [5, 5.41) is 1.17. The minimum absolute atomic E-state index is 0.564. The van der Waals surface area contributed by atoms with E-state index in [0.29, 0.717) is 6.10 Å². The molecule has 0 aromatic carbocycles. The molecular weight excluding hydrogens is 254 g/mol. The topological polar surface area (TPSA) is 12.5 Å². The maximum Gasteiger partial charge on any atom is 0.0588 e. The van der Waals surface area contributed by atoms with Crippen LogP contribution in [-0.4, -0.2) is 42.6 Å². The van der Waals surface area contributed by atoms with Crippen LogP contribution in [0.1, 0.15) is 32.1 Å². The monoisotopic (exact) mass is 275 g/mol. The fraction of sp³-hybridized carbons (Fsp3) is 1.00. The highest BCUT2D eigenvalue weighted by Crippen LogP contribution is 2.20. The number of alkyl halides is 1. The summed E-state index contributed by atoms with van der Waals surface area (Å²) in [6.07, 6.45) is 7.15. The highest BCUT2D eigenvalue weighted by atomic mass is 79.9. The Morgan fingerprint density at radius 3 is 2.93 bits per heavy atom. The quantitative estimate of drug-likeness (QED) is 0.732. The number of halogens is 1. The Kier molecular flexibility index (Phi) is 4.92. The Labute approximate surface area is 101 Å². The molecule has 0 aromatic rings. The molecule has 2 rings (SSSR count). The summed E-state index contributed by atoms with van der Waals surface area (Å²) in [6, 6.07) is 0. The van der Waals surface area contributed by atoms with Gasteiger partial charge in [0.2, 0.25) is 0 Å². The van der Waals surface area contributed by atoms with Crippen molar-refractivity contribution in [2.24, 2.45) is 5.92 Å². The maximum atomic E-state index is 5.66. The minimum atomic E-state index is 0.564. The van der Waals surface area contributed by atoms with Gasteiger partial charge in [-0.25, -0.2) is 0 Å². The van der Waals surface area contributed by atoms with E-state index in [1.807, 2.05) is 0 Å². The molecule has 2 aliphatic rings. The predicted octanol–water partition coefficient (Wildman–Crippen LogP) is 2.66. The molecule has 3 heteroatoms. The van der Waals surface area contributed by atoms with Crippen molar-refractivity contribution >= 4 is 15.9 Å². The first-order valence-corrected chi connectivity index (χ1v) is 7.40. The molecule has 0 N–H and O–H groups in total. The van der Waals surface area contributed by atoms with Crippen LogP contribution in [0, 0.1) is 5.92 Å². The molecular formula is C12H22BrNO. The Bertz CT molecular complexity index is 182. The number of hydrogen-bond acceptors (Lipinski definition) is 2. The zero-order chi connectivity index (χ0) is 10.5. The molecule has 0 spiro atoms. The van der Waals surface area contributed by atoms with E-state index < -0.39 is 0 Å². The smallest absolute Gasteiger partial charge is 0.0588 e. The lowest BCUT2D eigenvalue weighted by Gasteiger charge is -2.32. The van der Waals surface area contributed by atoms with Gasteiger partial charge >= 0.3 is 0 Å². The Hall–Kier alpha value is 0.400. The second-order valence-electron chi connectivity index (χ2n) is 4.89. The Morgan fingerprint density at radius 1 is 1.27 bits per heavy atom. The fourth-order valence-electron chi connectivity index (χ4n) is 2.68. The van der Waals surface area contributed by atoms with Crippen molar-refractivity contribution in [1.82, 2.24) is 4.90 Å². The van der Waals surface area contributed by atoms with Crippen LogP contribution in [0.15, 0.2) is 0 Å². The summed E-state index contributed by atoms with van der Waals surface area (Å²) in [4.78, 5) is 2.62. The van der Waals surface area contributed by atoms with E-state index in [4.69, 9.17) is 4.74 Å². The number of rotatable bonds is 4. The van der Waals surface area contributed by atoms with Crippen LogP contribution in [-0.2, 0) is 4.74 Å². The minimum Gasteiger partial charge on any atom is -0.378 e. The van der Waals surface area contributed by atoms with Crippen LogP contribution in [0.25, 0.3) is 0 Å². The number of ether oxygens (including phenoxy) is 1. The van der Waals surface area contributed by atoms with Crippen molar-refractivity contribution in [2.45, 2.75) is 38.2 Å². The highest BCUT2D eigenvalue weighted by molar-refractivity contribution is 9.09. The van der Waals surface area contributed by atoms with Crippen molar-refractivity contribution in [3.8, 4) is 0 Å². The van der Waals surface area contributed by atoms with Crippen molar-refractivity contribution in [3.05, 3.63) is 0 Å². The van der Waals surface area contributed by atoms with E-state index in [0.717, 1.165) is 12.5 Å². The molecule has 2 heterocycles. The average molecular weight is 276 g/mol. The second-order valence-corrected chi connectivity index (χ2v) is 5.53. The van der Waals surface area contributed by atoms with E-state index in [1.165, 1.54) is 57.1 Å². The van der Waals surface area contributed by atoms with Gasteiger partial charge in [0.25, 0.3) is 0 Å². The third-order valence-electron chi connectivity index (χ3n) is 3.61. The average Bonchev–Trinajstić information content (AvgIpc) is 2.79. The molecule has 15 heavy (non-hydrogen) atoms. The molecule has 2 nitrogen and oxygen atoms in total. The molecule has 0 bridgehead atoms. The molecule has 2 unspecified atom stereocenters. The third kappa shape index (κ3) is 3.72. The molecule has 0 aromatic heterocycles. The summed E-state index contributed by atoms with van der Waals surface area (Å²) >= 11 is 3.60. The van der Waals surface area contributed by atoms with Gasteiger partial charge in [0.15, 0.2) is 0 Å². The first-order valence-electron chi connectivity index (χ1n) is 6.28. The molecule has 2 fully saturated rings. The molecule has 0 aliphatic carbocycles. The van der Waals surface area contributed by atoms with Crippen molar-refractivity contribution in [2.75, 3.05) is 31.6 Å². The van der Waals surface area contributed by atoms with Crippen LogP contribution in [0.5, 0.6) is 0 Å². The molecule has 0 radical (unpaired) electrons. The van der Waals surface area contributed by atoms with Crippen molar-refractivity contribution < 1.29 is 4.74 Å². The lowest BCUT2D eigenvalue weighted by Crippen LogP contribution is -2.37. The van der Waals surface area contributed by atoms with Crippen LogP contribution in [0.4, 0.5) is 0 Å². The Balaban J connectivity index is 1.65. The van der Waals surface area contributed by atoms with Gasteiger partial charge in [-0.1, -0.05) is 15.9 Å². The number of likely N-dealkylation sites (tertiary alicyclic amines) is 1. The van der Waals surface area contributed by atoms with E-state index in [2.05, 4.69) is 20.8 Å². The zero-order valence-electron chi connectivity index (χ0n) is 9.46. The van der Waals surface area contributed by atoms with E-state index in [1.54, 1.807) is 0 Å². The van der Waals surface area contributed by atoms with Crippen LogP contribution >= 0.6 is 15.9 Å². The molecule has 2 saturated heterocycles. The summed E-state index contributed by atoms with van der Waals surface area (Å²) in [5.41, 5.74) is 0. The first kappa shape index (κ1) is 11.9. The molecule has 2 atom stereocenters. The summed E-state index contributed by atoms with van der Waals surface area (Å²) in [7, 11) is 0. The summed E-state index contributed by atoms with van der Waals surface area (Å²) < 4.78 is 5.66. The van der Waals surface area contributed by atoms with E-state index >= 15 is 0 Å². The third-order valence-corrected chi connectivity index (χ3v) is 4.53. The van der Waals surface area contributed by atoms with Crippen LogP contribution < -0.4 is 0 Å². The largest absolute Gasteiger partial charge is 0.378 e. The van der Waals surface area contributed by atoms with Crippen LogP contribution in [0.2, 0.25) is 0 Å². The normalized spacial score (nSPS) is 33.4. The SMILES string of the molecule is BrCC1CCCN(CCC2CCCO2)C1. The fourth-order valence-corrected chi connectivity index (χ4v) is 3.21. The van der Waals surface area contributed by atoms with Gasteiger partial charge in [0.05, 0.1) is 6.10 Å². The standard InChI is InChI=1S/C12H22BrNO/c13-9-11-3-1-6-14(10-11)7-5-12-4-2-8-15-12/h11-12H,1-10H2. The molecule has 2 aliphatic heterocycles. The van der Waals surface area contributed by atoms with Crippen molar-refractivity contribution in [3.63, 3.8) is 0 Å². The number of nitrogens with zero attached hydrogens (tertiary/aromatic N) is 1. The van der Waals surface area contributed by atoms with E-state index in [9.17, 15) is 0 Å². The Morgan fingerprint density at radius 2 is 2.20 bits per heavy atom. The van der Waals surface area contributed by atoms with Gasteiger partial charge in [-0.3, -0.25) is 0 Å². The molecule has 0 saturated carbocycles. The zero-order valence-corrected chi connectivity index (χ0v) is 11.0. The van der Waals surface area contributed by atoms with Gasteiger partial charge in [0.1, 0.15) is 0 Å². The van der Waals surface area contributed by atoms with Gasteiger partial charge in [-0.15, -0.1) is 0 Å². The van der Waals surface area contributed by atoms with Gasteiger partial charge in [0, 0.05) is 25.0 Å². The maximum absolute atomic E-state index is 5.66. The highest BCUT2D eigenvalue weighted by Gasteiger charge is 2.21. The number of hydrogen-bond donors (Lipinski definition) is 0. The molecule has 0 amide bonds. The number of piperidine rings is 1. The van der Waals surface area contributed by atoms with Crippen molar-refractivity contribution in [1.29, 1.82) is 0 Å². The predicted molar refractivity (Wildman–Crippen MR) is 66.5 cm³/mol. The lowest BCUT2D eigenvalue weighted by atomic mass is 10.00. The first-order chi connectivity index (χ1) is 7.38. The van der Waals surface area contributed by atoms with Gasteiger partial charge in [-0.2, -0.15) is 0 Å². The lowest BCUT2D eigenvalue weighted by molar-refractivity contribution is 0.0847. The van der Waals surface area contributed by atoms with E-state index in [-0.39, 0.29) is 0 Å². The second kappa shape index (κ2) is 6.21. The van der Waals surface area contributed by atoms with Gasteiger partial charge < -0.3 is 9.64 Å². The summed E-state index contributed by atoms with van der Waals surface area (Å²) in [6.45, 7) is 4.83. The van der Waals surface area contributed by atoms with Crippen LogP contribution in [0.3, 0.4) is 0 Å². The molecule has 88 valence electrons. The summed E-state index contributed by atoms with van der Waals surface area (Å²) in [5.74, 6) is 0.878.